The minimum atomic E-state index is -0.617. The molecule has 0 aliphatic rings. The fourth-order valence-electron chi connectivity index (χ4n) is 1.46. The molecule has 2 rings (SSSR count). The molecule has 0 radical (unpaired) electrons. The van der Waals surface area contributed by atoms with Gasteiger partial charge in [0, 0.05) is 9.50 Å². The summed E-state index contributed by atoms with van der Waals surface area (Å²) < 4.78 is 27.6. The van der Waals surface area contributed by atoms with E-state index in [1.165, 1.54) is 18.2 Å². The molecule has 0 aromatic heterocycles. The van der Waals surface area contributed by atoms with E-state index >= 15 is 0 Å². The van der Waals surface area contributed by atoms with E-state index in [1.54, 1.807) is 18.2 Å². The van der Waals surface area contributed by atoms with Crippen LogP contribution in [-0.2, 0) is 0 Å². The molecule has 2 aromatic carbocycles. The van der Waals surface area contributed by atoms with E-state index in [0.717, 1.165) is 0 Å². The van der Waals surface area contributed by atoms with Gasteiger partial charge in [0.15, 0.2) is 0 Å². The topological polar surface area (TPSA) is 0 Å². The van der Waals surface area contributed by atoms with Crippen LogP contribution in [0.15, 0.2) is 40.9 Å². The van der Waals surface area contributed by atoms with Gasteiger partial charge >= 0.3 is 0 Å². The van der Waals surface area contributed by atoms with Crippen molar-refractivity contribution in [3.63, 3.8) is 0 Å². The number of hydrogen-bond acceptors (Lipinski definition) is 0. The molecule has 0 spiro atoms. The van der Waals surface area contributed by atoms with Gasteiger partial charge in [-0.1, -0.05) is 39.7 Å². The lowest BCUT2D eigenvalue weighted by Crippen LogP contribution is -1.90. The molecule has 2 aromatic rings. The Morgan fingerprint density at radius 3 is 2.19 bits per heavy atom. The summed E-state index contributed by atoms with van der Waals surface area (Å²) in [6.45, 7) is 0. The van der Waals surface area contributed by atoms with Gasteiger partial charge < -0.3 is 0 Å². The Hall–Kier alpha value is -0.930. The lowest BCUT2D eigenvalue weighted by atomic mass is 10.0. The quantitative estimate of drug-likeness (QED) is 0.692. The van der Waals surface area contributed by atoms with Gasteiger partial charge in [0.25, 0.3) is 0 Å². The average molecular weight is 304 g/mol. The van der Waals surface area contributed by atoms with Crippen molar-refractivity contribution in [2.75, 3.05) is 0 Å². The molecule has 0 bridgehead atoms. The lowest BCUT2D eigenvalue weighted by Gasteiger charge is -2.06. The molecule has 0 atom stereocenters. The molecule has 4 heteroatoms. The first-order valence-electron chi connectivity index (χ1n) is 4.48. The Balaban J connectivity index is 2.64. The van der Waals surface area contributed by atoms with Gasteiger partial charge in [-0.15, -0.1) is 0 Å². The van der Waals surface area contributed by atoms with Crippen LogP contribution in [0.4, 0.5) is 8.78 Å². The van der Waals surface area contributed by atoms with Crippen molar-refractivity contribution < 1.29 is 8.78 Å². The van der Waals surface area contributed by atoms with Crippen molar-refractivity contribution in [1.29, 1.82) is 0 Å². The Bertz CT molecular complexity index is 517. The Morgan fingerprint density at radius 1 is 1.00 bits per heavy atom. The number of halogens is 4. The molecule has 82 valence electrons. The molecule has 0 heterocycles. The van der Waals surface area contributed by atoms with Crippen LogP contribution < -0.4 is 0 Å². The largest absolute Gasteiger partial charge is 0.206 e. The van der Waals surface area contributed by atoms with E-state index < -0.39 is 11.6 Å². The first-order valence-corrected chi connectivity index (χ1v) is 5.65. The molecular weight excluding hydrogens is 297 g/mol. The van der Waals surface area contributed by atoms with Crippen LogP contribution in [0.2, 0.25) is 5.02 Å². The predicted octanol–water partition coefficient (Wildman–Crippen LogP) is 5.05. The van der Waals surface area contributed by atoms with Crippen molar-refractivity contribution >= 4 is 27.5 Å². The minimum Gasteiger partial charge on any atom is -0.206 e. The monoisotopic (exact) mass is 302 g/mol. The normalized spacial score (nSPS) is 10.5. The number of hydrogen-bond donors (Lipinski definition) is 0. The van der Waals surface area contributed by atoms with E-state index in [4.69, 9.17) is 11.6 Å². The van der Waals surface area contributed by atoms with Crippen LogP contribution in [0, 0.1) is 11.6 Å². The molecule has 0 saturated heterocycles. The summed E-state index contributed by atoms with van der Waals surface area (Å²) in [5.74, 6) is -1.23. The minimum absolute atomic E-state index is 0.0642. The van der Waals surface area contributed by atoms with Gasteiger partial charge in [-0.25, -0.2) is 8.78 Å². The molecule has 0 amide bonds. The summed E-state index contributed by atoms with van der Waals surface area (Å²) in [4.78, 5) is 0. The summed E-state index contributed by atoms with van der Waals surface area (Å²) >= 11 is 8.80. The summed E-state index contributed by atoms with van der Waals surface area (Å²) in [5.41, 5.74) is 0.362. The van der Waals surface area contributed by atoms with Gasteiger partial charge in [-0.2, -0.15) is 0 Å². The maximum Gasteiger partial charge on any atom is 0.135 e. The molecular formula is C12H6BrClF2. The fourth-order valence-corrected chi connectivity index (χ4v) is 2.05. The Kier molecular flexibility index (Phi) is 3.26. The SMILES string of the molecule is Fc1cc(Br)cc(F)c1-c1cccc(Cl)c1. The fraction of sp³-hybridized carbons (Fsp3) is 0. The maximum absolute atomic E-state index is 13.6. The maximum atomic E-state index is 13.6. The standard InChI is InChI=1S/C12H6BrClF2/c13-8-5-10(15)12(11(16)6-8)7-2-1-3-9(14)4-7/h1-6H. The van der Waals surface area contributed by atoms with Crippen molar-refractivity contribution in [3.8, 4) is 11.1 Å². The zero-order valence-electron chi connectivity index (χ0n) is 7.98. The first-order chi connectivity index (χ1) is 7.58. The van der Waals surface area contributed by atoms with E-state index in [2.05, 4.69) is 15.9 Å². The van der Waals surface area contributed by atoms with Crippen LogP contribution in [-0.4, -0.2) is 0 Å². The second-order valence-electron chi connectivity index (χ2n) is 3.25. The molecule has 0 aliphatic heterocycles. The lowest BCUT2D eigenvalue weighted by molar-refractivity contribution is 0.588. The van der Waals surface area contributed by atoms with Crippen molar-refractivity contribution in [1.82, 2.24) is 0 Å². The van der Waals surface area contributed by atoms with Crippen molar-refractivity contribution in [3.05, 3.63) is 57.5 Å². The van der Waals surface area contributed by atoms with Crippen LogP contribution in [0.1, 0.15) is 0 Å². The van der Waals surface area contributed by atoms with E-state index in [-0.39, 0.29) is 5.56 Å². The third-order valence-corrected chi connectivity index (χ3v) is 2.81. The molecule has 0 N–H and O–H groups in total. The highest BCUT2D eigenvalue weighted by molar-refractivity contribution is 9.10. The van der Waals surface area contributed by atoms with Crippen LogP contribution in [0.5, 0.6) is 0 Å². The number of rotatable bonds is 1. The molecule has 0 aliphatic carbocycles. The van der Waals surface area contributed by atoms with Gasteiger partial charge in [0.2, 0.25) is 0 Å². The smallest absolute Gasteiger partial charge is 0.135 e. The molecule has 0 unspecified atom stereocenters. The van der Waals surface area contributed by atoms with Crippen LogP contribution in [0.25, 0.3) is 11.1 Å². The summed E-state index contributed by atoms with van der Waals surface area (Å²) in [6, 6.07) is 8.88. The number of benzene rings is 2. The van der Waals surface area contributed by atoms with Gasteiger partial charge in [0.05, 0.1) is 5.56 Å². The van der Waals surface area contributed by atoms with E-state index in [1.807, 2.05) is 0 Å². The highest BCUT2D eigenvalue weighted by Gasteiger charge is 2.12. The van der Waals surface area contributed by atoms with Gasteiger partial charge in [0.1, 0.15) is 11.6 Å². The molecule has 0 fully saturated rings. The second kappa shape index (κ2) is 4.52. The predicted molar refractivity (Wildman–Crippen MR) is 64.5 cm³/mol. The van der Waals surface area contributed by atoms with E-state index in [9.17, 15) is 8.78 Å². The van der Waals surface area contributed by atoms with Crippen molar-refractivity contribution in [2.24, 2.45) is 0 Å². The summed E-state index contributed by atoms with van der Waals surface area (Å²) in [7, 11) is 0. The Morgan fingerprint density at radius 2 is 1.62 bits per heavy atom. The molecule has 0 nitrogen and oxygen atoms in total. The summed E-state index contributed by atoms with van der Waals surface area (Å²) in [6.07, 6.45) is 0. The molecule has 16 heavy (non-hydrogen) atoms. The van der Waals surface area contributed by atoms with Crippen LogP contribution >= 0.6 is 27.5 Å². The van der Waals surface area contributed by atoms with Gasteiger partial charge in [-0.05, 0) is 29.8 Å². The third kappa shape index (κ3) is 2.25. The molecule has 0 saturated carbocycles. The van der Waals surface area contributed by atoms with Gasteiger partial charge in [-0.3, -0.25) is 0 Å². The van der Waals surface area contributed by atoms with Crippen molar-refractivity contribution in [2.45, 2.75) is 0 Å². The zero-order chi connectivity index (χ0) is 11.7. The third-order valence-electron chi connectivity index (χ3n) is 2.12. The Labute approximate surface area is 105 Å². The highest BCUT2D eigenvalue weighted by atomic mass is 79.9. The highest BCUT2D eigenvalue weighted by Crippen LogP contribution is 2.30. The average Bonchev–Trinajstić information content (AvgIpc) is 2.15. The summed E-state index contributed by atoms with van der Waals surface area (Å²) in [5, 5.41) is 0.444. The first kappa shape index (κ1) is 11.6. The second-order valence-corrected chi connectivity index (χ2v) is 4.61. The van der Waals surface area contributed by atoms with Crippen LogP contribution in [0.3, 0.4) is 0 Å². The zero-order valence-corrected chi connectivity index (χ0v) is 10.3. The van der Waals surface area contributed by atoms with E-state index in [0.29, 0.717) is 15.1 Å².